The second-order valence-electron chi connectivity index (χ2n) is 6.12. The van der Waals surface area contributed by atoms with E-state index in [1.54, 1.807) is 0 Å². The number of nitrogens with two attached hydrogens (primary N) is 1. The Morgan fingerprint density at radius 1 is 1.30 bits per heavy atom. The minimum Gasteiger partial charge on any atom is -0.480 e. The van der Waals surface area contributed by atoms with E-state index in [2.05, 4.69) is 24.5 Å². The largest absolute Gasteiger partial charge is 0.480 e. The van der Waals surface area contributed by atoms with Crippen LogP contribution in [0.2, 0.25) is 0 Å². The van der Waals surface area contributed by atoms with E-state index in [9.17, 15) is 14.4 Å². The minimum absolute atomic E-state index is 0.0473. The van der Waals surface area contributed by atoms with Crippen molar-refractivity contribution >= 4 is 17.9 Å². The van der Waals surface area contributed by atoms with Gasteiger partial charge in [0.1, 0.15) is 6.04 Å². The predicted molar refractivity (Wildman–Crippen MR) is 72.9 cm³/mol. The van der Waals surface area contributed by atoms with Crippen molar-refractivity contribution in [2.75, 3.05) is 0 Å². The lowest BCUT2D eigenvalue weighted by Gasteiger charge is -2.34. The highest BCUT2D eigenvalue weighted by Crippen LogP contribution is 2.34. The molecular weight excluding hydrogens is 262 g/mol. The summed E-state index contributed by atoms with van der Waals surface area (Å²) in [5, 5.41) is 13.9. The lowest BCUT2D eigenvalue weighted by Crippen LogP contribution is -2.51. The van der Waals surface area contributed by atoms with Crippen LogP contribution in [0.25, 0.3) is 0 Å². The number of hydrogen-bond donors (Lipinski definition) is 4. The van der Waals surface area contributed by atoms with Crippen LogP contribution in [0.5, 0.6) is 0 Å². The minimum atomic E-state index is -1.28. The number of carboxylic acid groups (broad SMARTS) is 1. The highest BCUT2D eigenvalue weighted by Gasteiger charge is 2.28. The van der Waals surface area contributed by atoms with E-state index in [0.29, 0.717) is 5.41 Å². The molecule has 0 unspecified atom stereocenters. The van der Waals surface area contributed by atoms with Gasteiger partial charge in [-0.25, -0.2) is 9.59 Å². The van der Waals surface area contributed by atoms with Crippen molar-refractivity contribution in [3.05, 3.63) is 0 Å². The van der Waals surface area contributed by atoms with E-state index in [0.717, 1.165) is 25.7 Å². The Bertz CT molecular complexity index is 385. The SMILES string of the molecule is CC1(C)CCC(NC(=O)N[C@@H](CC(N)=O)C(=O)O)CC1. The van der Waals surface area contributed by atoms with Crippen molar-refractivity contribution in [2.45, 2.75) is 58.0 Å². The normalized spacial score (nSPS) is 19.9. The standard InChI is InChI=1S/C13H23N3O4/c1-13(2)5-3-8(4-6-13)15-12(20)16-9(11(18)19)7-10(14)17/h8-9H,3-7H2,1-2H3,(H2,14,17)(H,18,19)(H2,15,16,20)/t9-/m0/s1. The monoisotopic (exact) mass is 285 g/mol. The van der Waals surface area contributed by atoms with Crippen LogP contribution in [0.1, 0.15) is 46.0 Å². The topological polar surface area (TPSA) is 122 Å². The van der Waals surface area contributed by atoms with Crippen molar-refractivity contribution < 1.29 is 19.5 Å². The Labute approximate surface area is 118 Å². The summed E-state index contributed by atoms with van der Waals surface area (Å²) in [6, 6.07) is -1.80. The Morgan fingerprint density at radius 3 is 2.30 bits per heavy atom. The maximum Gasteiger partial charge on any atom is 0.326 e. The van der Waals surface area contributed by atoms with Gasteiger partial charge in [0.15, 0.2) is 0 Å². The third-order valence-electron chi connectivity index (χ3n) is 3.68. The fourth-order valence-corrected chi connectivity index (χ4v) is 2.33. The molecule has 3 amide bonds. The van der Waals surface area contributed by atoms with Gasteiger partial charge in [0, 0.05) is 6.04 Å². The van der Waals surface area contributed by atoms with Gasteiger partial charge in [-0.3, -0.25) is 4.79 Å². The molecule has 7 heteroatoms. The fraction of sp³-hybridized carbons (Fsp3) is 0.769. The molecule has 1 rings (SSSR count). The molecule has 0 aromatic rings. The van der Waals surface area contributed by atoms with Crippen LogP contribution in [0, 0.1) is 5.41 Å². The number of nitrogens with one attached hydrogen (secondary N) is 2. The van der Waals surface area contributed by atoms with Crippen LogP contribution in [-0.4, -0.2) is 35.1 Å². The number of rotatable bonds is 5. The second kappa shape index (κ2) is 6.58. The third-order valence-corrected chi connectivity index (χ3v) is 3.68. The van der Waals surface area contributed by atoms with Crippen LogP contribution in [0.15, 0.2) is 0 Å². The van der Waals surface area contributed by atoms with Crippen LogP contribution in [-0.2, 0) is 9.59 Å². The molecule has 0 bridgehead atoms. The van der Waals surface area contributed by atoms with Gasteiger partial charge in [0.2, 0.25) is 5.91 Å². The molecule has 1 aliphatic carbocycles. The van der Waals surface area contributed by atoms with Crippen LogP contribution >= 0.6 is 0 Å². The van der Waals surface area contributed by atoms with Gasteiger partial charge in [-0.05, 0) is 31.1 Å². The first-order chi connectivity index (χ1) is 9.19. The number of carbonyl (C=O) groups excluding carboxylic acids is 2. The molecule has 5 N–H and O–H groups in total. The molecule has 7 nitrogen and oxygen atoms in total. The van der Waals surface area contributed by atoms with E-state index in [-0.39, 0.29) is 6.04 Å². The summed E-state index contributed by atoms with van der Waals surface area (Å²) < 4.78 is 0. The van der Waals surface area contributed by atoms with E-state index in [1.807, 2.05) is 0 Å². The Hall–Kier alpha value is -1.79. The molecule has 0 aromatic carbocycles. The van der Waals surface area contributed by atoms with Crippen molar-refractivity contribution in [1.82, 2.24) is 10.6 Å². The van der Waals surface area contributed by atoms with Crippen LogP contribution in [0.3, 0.4) is 0 Å². The number of carbonyl (C=O) groups is 3. The van der Waals surface area contributed by atoms with Crippen LogP contribution < -0.4 is 16.4 Å². The lowest BCUT2D eigenvalue weighted by molar-refractivity contribution is -0.140. The predicted octanol–water partition coefficient (Wildman–Crippen LogP) is 0.583. The molecule has 1 atom stereocenters. The quantitative estimate of drug-likeness (QED) is 0.590. The molecule has 0 aliphatic heterocycles. The third kappa shape index (κ3) is 5.46. The summed E-state index contributed by atoms with van der Waals surface area (Å²) in [6.07, 6.45) is 3.35. The van der Waals surface area contributed by atoms with Crippen molar-refractivity contribution in [2.24, 2.45) is 11.1 Å². The molecule has 0 heterocycles. The molecule has 1 saturated carbocycles. The molecule has 0 radical (unpaired) electrons. The number of carboxylic acids is 1. The first-order valence-electron chi connectivity index (χ1n) is 6.78. The molecule has 1 aliphatic rings. The lowest BCUT2D eigenvalue weighted by atomic mass is 9.76. The van der Waals surface area contributed by atoms with Crippen molar-refractivity contribution in [1.29, 1.82) is 0 Å². The molecule has 0 aromatic heterocycles. The highest BCUT2D eigenvalue weighted by atomic mass is 16.4. The summed E-state index contributed by atoms with van der Waals surface area (Å²) in [4.78, 5) is 33.4. The average Bonchev–Trinajstić information content (AvgIpc) is 2.30. The average molecular weight is 285 g/mol. The zero-order valence-corrected chi connectivity index (χ0v) is 11.9. The van der Waals surface area contributed by atoms with Crippen molar-refractivity contribution in [3.63, 3.8) is 0 Å². The van der Waals surface area contributed by atoms with E-state index < -0.39 is 30.4 Å². The number of amides is 3. The first-order valence-corrected chi connectivity index (χ1v) is 6.78. The molecule has 114 valence electrons. The summed E-state index contributed by atoms with van der Waals surface area (Å²) in [5.74, 6) is -2.04. The molecule has 1 fully saturated rings. The second-order valence-corrected chi connectivity index (χ2v) is 6.12. The maximum atomic E-state index is 11.7. The summed E-state index contributed by atoms with van der Waals surface area (Å²) >= 11 is 0. The number of aliphatic carboxylic acids is 1. The van der Waals surface area contributed by atoms with E-state index in [4.69, 9.17) is 10.8 Å². The smallest absolute Gasteiger partial charge is 0.326 e. The Balaban J connectivity index is 2.42. The highest BCUT2D eigenvalue weighted by molar-refractivity contribution is 5.87. The first kappa shape index (κ1) is 16.3. The van der Waals surface area contributed by atoms with Gasteiger partial charge >= 0.3 is 12.0 Å². The molecular formula is C13H23N3O4. The number of primary amides is 1. The summed E-state index contributed by atoms with van der Waals surface area (Å²) in [5.41, 5.74) is 5.24. The van der Waals surface area contributed by atoms with E-state index in [1.165, 1.54) is 0 Å². The Morgan fingerprint density at radius 2 is 1.85 bits per heavy atom. The number of hydrogen-bond acceptors (Lipinski definition) is 3. The van der Waals surface area contributed by atoms with Gasteiger partial charge in [-0.15, -0.1) is 0 Å². The van der Waals surface area contributed by atoms with Gasteiger partial charge in [0.05, 0.1) is 6.42 Å². The molecule has 0 spiro atoms. The zero-order valence-electron chi connectivity index (χ0n) is 11.9. The molecule has 20 heavy (non-hydrogen) atoms. The number of urea groups is 1. The van der Waals surface area contributed by atoms with E-state index >= 15 is 0 Å². The summed E-state index contributed by atoms with van der Waals surface area (Å²) in [7, 11) is 0. The van der Waals surface area contributed by atoms with Gasteiger partial charge in [0.25, 0.3) is 0 Å². The zero-order chi connectivity index (χ0) is 15.3. The van der Waals surface area contributed by atoms with Crippen molar-refractivity contribution in [3.8, 4) is 0 Å². The van der Waals surface area contributed by atoms with Gasteiger partial charge in [-0.2, -0.15) is 0 Å². The van der Waals surface area contributed by atoms with Gasteiger partial charge < -0.3 is 21.5 Å². The maximum absolute atomic E-state index is 11.7. The Kier molecular flexibility index (Phi) is 5.35. The summed E-state index contributed by atoms with van der Waals surface area (Å²) in [6.45, 7) is 4.38. The fourth-order valence-electron chi connectivity index (χ4n) is 2.33. The molecule has 0 saturated heterocycles. The van der Waals surface area contributed by atoms with Gasteiger partial charge in [-0.1, -0.05) is 13.8 Å². The van der Waals surface area contributed by atoms with Crippen LogP contribution in [0.4, 0.5) is 4.79 Å².